The van der Waals surface area contributed by atoms with Gasteiger partial charge in [0.2, 0.25) is 11.4 Å². The van der Waals surface area contributed by atoms with Crippen LogP contribution in [0, 0.1) is 6.92 Å². The number of anilines is 1. The van der Waals surface area contributed by atoms with Crippen LogP contribution in [0.1, 0.15) is 35.9 Å². The summed E-state index contributed by atoms with van der Waals surface area (Å²) >= 11 is 0. The van der Waals surface area contributed by atoms with Gasteiger partial charge in [0.1, 0.15) is 5.75 Å². The highest BCUT2D eigenvalue weighted by Gasteiger charge is 2.20. The second-order valence-corrected chi connectivity index (χ2v) is 9.49. The fourth-order valence-corrected chi connectivity index (χ4v) is 4.12. The predicted molar refractivity (Wildman–Crippen MR) is 154 cm³/mol. The molecule has 3 aromatic heterocycles. The highest BCUT2D eigenvalue weighted by molar-refractivity contribution is 6.02. The molecule has 0 spiro atoms. The number of aryl methyl sites for hydroxylation is 1. The summed E-state index contributed by atoms with van der Waals surface area (Å²) in [6.07, 6.45) is 6.10. The van der Waals surface area contributed by atoms with Gasteiger partial charge in [-0.15, -0.1) is 0 Å². The number of rotatable bonds is 8. The molecule has 0 fully saturated rings. The topological polar surface area (TPSA) is 130 Å². The van der Waals surface area contributed by atoms with E-state index >= 15 is 0 Å². The molecule has 5 rings (SSSR count). The van der Waals surface area contributed by atoms with Crippen LogP contribution in [-0.2, 0) is 0 Å². The Balaban J connectivity index is 1.39. The van der Waals surface area contributed by atoms with E-state index in [4.69, 9.17) is 14.2 Å². The molecule has 0 bridgehead atoms. The highest BCUT2D eigenvalue weighted by atomic mass is 16.5. The molecule has 0 aliphatic heterocycles. The number of carbonyl (C=O) groups is 1. The third-order valence-corrected chi connectivity index (χ3v) is 6.33. The van der Waals surface area contributed by atoms with Crippen molar-refractivity contribution < 1.29 is 19.0 Å². The number of ether oxygens (including phenoxy) is 3. The van der Waals surface area contributed by atoms with Gasteiger partial charge in [0, 0.05) is 35.5 Å². The van der Waals surface area contributed by atoms with Crippen molar-refractivity contribution in [2.75, 3.05) is 19.5 Å². The van der Waals surface area contributed by atoms with Crippen molar-refractivity contribution in [3.05, 3.63) is 88.7 Å². The molecule has 2 aromatic carbocycles. The van der Waals surface area contributed by atoms with Gasteiger partial charge in [-0.3, -0.25) is 24.6 Å². The van der Waals surface area contributed by atoms with Crippen molar-refractivity contribution in [1.29, 1.82) is 0 Å². The van der Waals surface area contributed by atoms with E-state index in [1.807, 2.05) is 45.0 Å². The van der Waals surface area contributed by atoms with Gasteiger partial charge < -0.3 is 14.2 Å². The molecule has 1 amide bonds. The van der Waals surface area contributed by atoms with E-state index in [1.54, 1.807) is 49.5 Å². The Bertz CT molecular complexity index is 1780. The van der Waals surface area contributed by atoms with Gasteiger partial charge in [-0.25, -0.2) is 9.97 Å². The molecular weight excluding hydrogens is 524 g/mol. The first kappa shape index (κ1) is 27.3. The lowest BCUT2D eigenvalue weighted by atomic mass is 10.0. The number of amides is 1. The molecule has 3 heterocycles. The van der Waals surface area contributed by atoms with Crippen LogP contribution in [0.25, 0.3) is 22.0 Å². The van der Waals surface area contributed by atoms with E-state index < -0.39 is 11.3 Å². The van der Waals surface area contributed by atoms with E-state index in [-0.39, 0.29) is 17.7 Å². The summed E-state index contributed by atoms with van der Waals surface area (Å²) in [5.41, 5.74) is 2.04. The third kappa shape index (κ3) is 5.69. The first-order chi connectivity index (χ1) is 19.8. The molecule has 0 aliphatic carbocycles. The number of pyridine rings is 1. The molecule has 0 radical (unpaired) electrons. The number of hydrogen-bond donors (Lipinski definition) is 1. The molecule has 41 heavy (non-hydrogen) atoms. The molecular formula is C30H28N6O5. The molecule has 1 N–H and O–H groups in total. The minimum Gasteiger partial charge on any atom is -0.493 e. The minimum absolute atomic E-state index is 0.00798. The molecule has 11 heteroatoms. The van der Waals surface area contributed by atoms with Gasteiger partial charge >= 0.3 is 0 Å². The number of nitrogens with zero attached hydrogens (tertiary/aromatic N) is 5. The van der Waals surface area contributed by atoms with Crippen LogP contribution >= 0.6 is 0 Å². The average molecular weight is 553 g/mol. The van der Waals surface area contributed by atoms with Crippen LogP contribution in [0.4, 0.5) is 5.95 Å². The van der Waals surface area contributed by atoms with Gasteiger partial charge in [-0.1, -0.05) is 29.8 Å². The van der Waals surface area contributed by atoms with Crippen molar-refractivity contribution in [3.63, 3.8) is 0 Å². The molecule has 0 unspecified atom stereocenters. The lowest BCUT2D eigenvalue weighted by Gasteiger charge is -2.14. The summed E-state index contributed by atoms with van der Waals surface area (Å²) in [6.45, 7) is 5.79. The second kappa shape index (κ2) is 11.4. The van der Waals surface area contributed by atoms with E-state index in [9.17, 15) is 9.59 Å². The van der Waals surface area contributed by atoms with Crippen LogP contribution in [0.2, 0.25) is 0 Å². The standard InChI is InChI=1S/C30H28N6O5/c1-17(2)36-16-22(19-8-6-18(3)7-9-19)28(37)27(35-36)29(38)34-30-32-14-20(15-33-30)41-24-10-11-31-23-13-26(40-5)25(39-4)12-21(23)24/h6-17H,1-5H3,(H,32,33,34,38). The normalized spacial score (nSPS) is 11.0. The van der Waals surface area contributed by atoms with Crippen LogP contribution < -0.4 is 25.0 Å². The van der Waals surface area contributed by atoms with Gasteiger partial charge in [0.05, 0.1) is 32.1 Å². The lowest BCUT2D eigenvalue weighted by molar-refractivity contribution is 0.101. The zero-order chi connectivity index (χ0) is 29.1. The Kier molecular flexibility index (Phi) is 7.59. The van der Waals surface area contributed by atoms with E-state index in [1.165, 1.54) is 12.4 Å². The maximum atomic E-state index is 13.3. The van der Waals surface area contributed by atoms with Gasteiger partial charge in [-0.05, 0) is 38.5 Å². The molecule has 0 saturated carbocycles. The van der Waals surface area contributed by atoms with Gasteiger partial charge in [0.25, 0.3) is 5.91 Å². The van der Waals surface area contributed by atoms with Gasteiger partial charge in [0.15, 0.2) is 22.9 Å². The molecule has 208 valence electrons. The van der Waals surface area contributed by atoms with E-state index in [0.717, 1.165) is 5.56 Å². The van der Waals surface area contributed by atoms with Gasteiger partial charge in [-0.2, -0.15) is 5.10 Å². The molecule has 0 aliphatic rings. The van der Waals surface area contributed by atoms with Crippen molar-refractivity contribution >= 4 is 22.8 Å². The zero-order valence-corrected chi connectivity index (χ0v) is 23.2. The summed E-state index contributed by atoms with van der Waals surface area (Å²) in [5, 5.41) is 7.55. The summed E-state index contributed by atoms with van der Waals surface area (Å²) in [6, 6.07) is 12.7. The Morgan fingerprint density at radius 3 is 2.27 bits per heavy atom. The third-order valence-electron chi connectivity index (χ3n) is 6.33. The SMILES string of the molecule is COc1cc2nccc(Oc3cnc(NC(=O)c4nn(C(C)C)cc(-c5ccc(C)cc5)c4=O)nc3)c2cc1OC. The first-order valence-corrected chi connectivity index (χ1v) is 12.8. The molecule has 0 saturated heterocycles. The monoisotopic (exact) mass is 552 g/mol. The number of fused-ring (bicyclic) bond motifs is 1. The quantitative estimate of drug-likeness (QED) is 0.276. The van der Waals surface area contributed by atoms with Crippen molar-refractivity contribution in [2.45, 2.75) is 26.8 Å². The lowest BCUT2D eigenvalue weighted by Crippen LogP contribution is -2.28. The maximum absolute atomic E-state index is 13.3. The van der Waals surface area contributed by atoms with Crippen LogP contribution in [0.15, 0.2) is 72.0 Å². The van der Waals surface area contributed by atoms with E-state index in [0.29, 0.717) is 45.0 Å². The zero-order valence-electron chi connectivity index (χ0n) is 23.2. The second-order valence-electron chi connectivity index (χ2n) is 9.49. The van der Waals surface area contributed by atoms with Crippen molar-refractivity contribution in [2.24, 2.45) is 0 Å². The summed E-state index contributed by atoms with van der Waals surface area (Å²) in [7, 11) is 3.10. The van der Waals surface area contributed by atoms with Crippen LogP contribution in [0.5, 0.6) is 23.0 Å². The first-order valence-electron chi connectivity index (χ1n) is 12.8. The number of nitrogens with one attached hydrogen (secondary N) is 1. The average Bonchev–Trinajstić information content (AvgIpc) is 2.98. The molecule has 0 atom stereocenters. The molecule has 11 nitrogen and oxygen atoms in total. The summed E-state index contributed by atoms with van der Waals surface area (Å²) in [5.74, 6) is 1.19. The molecule has 5 aromatic rings. The number of carbonyl (C=O) groups excluding carboxylic acids is 1. The number of aromatic nitrogens is 5. The predicted octanol–water partition coefficient (Wildman–Crippen LogP) is 5.20. The highest BCUT2D eigenvalue weighted by Crippen LogP contribution is 2.36. The van der Waals surface area contributed by atoms with Crippen molar-refractivity contribution in [1.82, 2.24) is 24.7 Å². The Morgan fingerprint density at radius 2 is 1.61 bits per heavy atom. The minimum atomic E-state index is -0.715. The van der Waals surface area contributed by atoms with Crippen LogP contribution in [0.3, 0.4) is 0 Å². The number of benzene rings is 2. The van der Waals surface area contributed by atoms with Crippen LogP contribution in [-0.4, -0.2) is 44.9 Å². The summed E-state index contributed by atoms with van der Waals surface area (Å²) in [4.78, 5) is 39.2. The van der Waals surface area contributed by atoms with E-state index in [2.05, 4.69) is 25.4 Å². The summed E-state index contributed by atoms with van der Waals surface area (Å²) < 4.78 is 18.3. The maximum Gasteiger partial charge on any atom is 0.282 e. The fourth-order valence-electron chi connectivity index (χ4n) is 4.12. The Labute approximate surface area is 235 Å². The largest absolute Gasteiger partial charge is 0.493 e. The fraction of sp³-hybridized carbons (Fsp3) is 0.200. The number of methoxy groups -OCH3 is 2. The van der Waals surface area contributed by atoms with Crippen molar-refractivity contribution in [3.8, 4) is 34.1 Å². The Morgan fingerprint density at radius 1 is 0.927 bits per heavy atom. The smallest absolute Gasteiger partial charge is 0.282 e. The number of hydrogen-bond acceptors (Lipinski definition) is 9. The Hall–Kier alpha value is -5.32.